The standard InChI is InChI=1S/C20H23ClN4O3/c1-5-25-17(16(21)10-22-25)11-24(4)20(26)19-15(14(3)28-23-19)12-27-18-9-7-6-8-13(18)2/h6-10H,5,11-12H2,1-4H3. The Balaban J connectivity index is 1.77. The van der Waals surface area contributed by atoms with Crippen molar-refractivity contribution in [2.45, 2.75) is 40.5 Å². The van der Waals surface area contributed by atoms with E-state index >= 15 is 0 Å². The summed E-state index contributed by atoms with van der Waals surface area (Å²) in [6.07, 6.45) is 1.58. The Hall–Kier alpha value is -2.80. The Morgan fingerprint density at radius 3 is 2.79 bits per heavy atom. The quantitative estimate of drug-likeness (QED) is 0.597. The fourth-order valence-electron chi connectivity index (χ4n) is 2.89. The van der Waals surface area contributed by atoms with Gasteiger partial charge in [0.05, 0.1) is 29.0 Å². The number of halogens is 1. The second kappa shape index (κ2) is 8.48. The van der Waals surface area contributed by atoms with Gasteiger partial charge in [-0.2, -0.15) is 5.10 Å². The van der Waals surface area contributed by atoms with Gasteiger partial charge in [0.25, 0.3) is 5.91 Å². The molecule has 0 fully saturated rings. The smallest absolute Gasteiger partial charge is 0.276 e. The molecule has 8 heteroatoms. The van der Waals surface area contributed by atoms with Gasteiger partial charge < -0.3 is 14.2 Å². The summed E-state index contributed by atoms with van der Waals surface area (Å²) in [7, 11) is 1.70. The Morgan fingerprint density at radius 1 is 1.32 bits per heavy atom. The van der Waals surface area contributed by atoms with Crippen molar-refractivity contribution in [3.63, 3.8) is 0 Å². The summed E-state index contributed by atoms with van der Waals surface area (Å²) in [5, 5.41) is 8.70. The van der Waals surface area contributed by atoms with Gasteiger partial charge in [0.2, 0.25) is 0 Å². The number of aromatic nitrogens is 3. The lowest BCUT2D eigenvalue weighted by atomic mass is 10.2. The van der Waals surface area contributed by atoms with Gasteiger partial charge in [0.1, 0.15) is 18.1 Å². The van der Waals surface area contributed by atoms with Crippen molar-refractivity contribution in [1.82, 2.24) is 19.8 Å². The first kappa shape index (κ1) is 19.9. The van der Waals surface area contributed by atoms with Crippen molar-refractivity contribution in [3.8, 4) is 5.75 Å². The van der Waals surface area contributed by atoms with Crippen molar-refractivity contribution in [2.24, 2.45) is 0 Å². The lowest BCUT2D eigenvalue weighted by Gasteiger charge is -2.17. The molecule has 28 heavy (non-hydrogen) atoms. The highest BCUT2D eigenvalue weighted by atomic mass is 35.5. The number of para-hydroxylation sites is 1. The number of benzene rings is 1. The van der Waals surface area contributed by atoms with E-state index in [1.165, 1.54) is 0 Å². The summed E-state index contributed by atoms with van der Waals surface area (Å²) >= 11 is 6.21. The van der Waals surface area contributed by atoms with Crippen LogP contribution in [0.1, 0.15) is 40.0 Å². The minimum atomic E-state index is -0.264. The zero-order valence-electron chi connectivity index (χ0n) is 16.4. The highest BCUT2D eigenvalue weighted by Gasteiger charge is 2.25. The van der Waals surface area contributed by atoms with Gasteiger partial charge in [0.15, 0.2) is 5.69 Å². The first-order valence-electron chi connectivity index (χ1n) is 9.01. The van der Waals surface area contributed by atoms with Crippen molar-refractivity contribution in [1.29, 1.82) is 0 Å². The summed E-state index contributed by atoms with van der Waals surface area (Å²) in [5.41, 5.74) is 2.67. The van der Waals surface area contributed by atoms with Crippen LogP contribution in [0.25, 0.3) is 0 Å². The number of hydrogen-bond acceptors (Lipinski definition) is 5. The molecular weight excluding hydrogens is 380 g/mol. The van der Waals surface area contributed by atoms with Crippen LogP contribution in [0.2, 0.25) is 5.02 Å². The van der Waals surface area contributed by atoms with E-state index in [1.807, 2.05) is 38.1 Å². The van der Waals surface area contributed by atoms with Crippen LogP contribution in [0.15, 0.2) is 35.0 Å². The highest BCUT2D eigenvalue weighted by molar-refractivity contribution is 6.31. The van der Waals surface area contributed by atoms with Crippen LogP contribution >= 0.6 is 11.6 Å². The summed E-state index contributed by atoms with van der Waals surface area (Å²) in [5.74, 6) is 1.05. The van der Waals surface area contributed by atoms with Crippen LogP contribution in [0.4, 0.5) is 0 Å². The molecule has 0 atom stereocenters. The largest absolute Gasteiger partial charge is 0.488 e. The first-order valence-corrected chi connectivity index (χ1v) is 9.39. The zero-order chi connectivity index (χ0) is 20.3. The summed E-state index contributed by atoms with van der Waals surface area (Å²) < 4.78 is 12.9. The van der Waals surface area contributed by atoms with Crippen LogP contribution in [0.3, 0.4) is 0 Å². The lowest BCUT2D eigenvalue weighted by molar-refractivity contribution is 0.0769. The van der Waals surface area contributed by atoms with Gasteiger partial charge in [-0.1, -0.05) is 35.0 Å². The van der Waals surface area contributed by atoms with Crippen LogP contribution in [-0.2, 0) is 19.7 Å². The normalized spacial score (nSPS) is 10.9. The zero-order valence-corrected chi connectivity index (χ0v) is 17.2. The Kier molecular flexibility index (Phi) is 6.04. The van der Waals surface area contributed by atoms with Crippen LogP contribution < -0.4 is 4.74 Å². The maximum absolute atomic E-state index is 13.0. The van der Waals surface area contributed by atoms with E-state index in [9.17, 15) is 4.79 Å². The Labute approximate surface area is 168 Å². The molecule has 3 aromatic rings. The topological polar surface area (TPSA) is 73.4 Å². The third-order valence-electron chi connectivity index (χ3n) is 4.58. The van der Waals surface area contributed by atoms with E-state index in [0.29, 0.717) is 29.4 Å². The van der Waals surface area contributed by atoms with Gasteiger partial charge in [0, 0.05) is 13.6 Å². The number of rotatable bonds is 7. The third kappa shape index (κ3) is 4.04. The minimum Gasteiger partial charge on any atom is -0.488 e. The molecule has 0 radical (unpaired) electrons. The molecule has 3 rings (SSSR count). The molecule has 7 nitrogen and oxygen atoms in total. The van der Waals surface area contributed by atoms with Gasteiger partial charge in [-0.05, 0) is 32.4 Å². The monoisotopic (exact) mass is 402 g/mol. The van der Waals surface area contributed by atoms with Crippen LogP contribution in [0.5, 0.6) is 5.75 Å². The number of aryl methyl sites for hydroxylation is 3. The fraction of sp³-hybridized carbons (Fsp3) is 0.350. The van der Waals surface area contributed by atoms with E-state index < -0.39 is 0 Å². The molecule has 2 heterocycles. The Bertz CT molecular complexity index is 980. The summed E-state index contributed by atoms with van der Waals surface area (Å²) in [6.45, 7) is 6.89. The maximum atomic E-state index is 13.0. The SMILES string of the molecule is CCn1ncc(Cl)c1CN(C)C(=O)c1noc(C)c1COc1ccccc1C. The molecule has 1 aromatic carbocycles. The average molecular weight is 403 g/mol. The predicted molar refractivity (Wildman–Crippen MR) is 105 cm³/mol. The number of hydrogen-bond donors (Lipinski definition) is 0. The summed E-state index contributed by atoms with van der Waals surface area (Å²) in [4.78, 5) is 14.5. The van der Waals surface area contributed by atoms with Gasteiger partial charge >= 0.3 is 0 Å². The molecule has 0 spiro atoms. The molecule has 0 saturated carbocycles. The molecule has 0 bridgehead atoms. The second-order valence-electron chi connectivity index (χ2n) is 6.54. The van der Waals surface area contributed by atoms with Crippen molar-refractivity contribution < 1.29 is 14.1 Å². The molecule has 148 valence electrons. The minimum absolute atomic E-state index is 0.197. The van der Waals surface area contributed by atoms with Crippen molar-refractivity contribution >= 4 is 17.5 Å². The molecule has 2 aromatic heterocycles. The number of carbonyl (C=O) groups excluding carboxylic acids is 1. The predicted octanol–water partition coefficient (Wildman–Crippen LogP) is 4.01. The van der Waals surface area contributed by atoms with Crippen LogP contribution in [-0.4, -0.2) is 32.8 Å². The average Bonchev–Trinajstić information content (AvgIpc) is 3.23. The lowest BCUT2D eigenvalue weighted by Crippen LogP contribution is -2.29. The molecule has 0 aliphatic rings. The van der Waals surface area contributed by atoms with E-state index in [4.69, 9.17) is 20.9 Å². The maximum Gasteiger partial charge on any atom is 0.276 e. The van der Waals surface area contributed by atoms with Gasteiger partial charge in [-0.3, -0.25) is 9.48 Å². The molecule has 0 aliphatic heterocycles. The number of nitrogens with zero attached hydrogens (tertiary/aromatic N) is 4. The van der Waals surface area contributed by atoms with E-state index in [2.05, 4.69) is 10.3 Å². The molecular formula is C20H23ClN4O3. The van der Waals surface area contributed by atoms with E-state index in [0.717, 1.165) is 17.0 Å². The second-order valence-corrected chi connectivity index (χ2v) is 6.94. The van der Waals surface area contributed by atoms with Crippen LogP contribution in [0, 0.1) is 13.8 Å². The van der Waals surface area contributed by atoms with Gasteiger partial charge in [-0.25, -0.2) is 0 Å². The van der Waals surface area contributed by atoms with Crippen molar-refractivity contribution in [2.75, 3.05) is 7.05 Å². The Morgan fingerprint density at radius 2 is 2.07 bits per heavy atom. The molecule has 0 aliphatic carbocycles. The highest BCUT2D eigenvalue weighted by Crippen LogP contribution is 2.23. The van der Waals surface area contributed by atoms with E-state index in [-0.39, 0.29) is 18.2 Å². The fourth-order valence-corrected chi connectivity index (χ4v) is 3.09. The number of ether oxygens (including phenoxy) is 1. The summed E-state index contributed by atoms with van der Waals surface area (Å²) in [6, 6.07) is 7.71. The van der Waals surface area contributed by atoms with E-state index in [1.54, 1.807) is 29.7 Å². The molecule has 0 saturated heterocycles. The van der Waals surface area contributed by atoms with Gasteiger partial charge in [-0.15, -0.1) is 0 Å². The molecule has 0 N–H and O–H groups in total. The molecule has 1 amide bonds. The third-order valence-corrected chi connectivity index (χ3v) is 4.90. The number of amides is 1. The molecule has 0 unspecified atom stereocenters. The first-order chi connectivity index (χ1) is 13.4. The number of carbonyl (C=O) groups is 1. The van der Waals surface area contributed by atoms with Crippen molar-refractivity contribution in [3.05, 3.63) is 63.8 Å².